The highest BCUT2D eigenvalue weighted by Crippen LogP contribution is 2.35. The average Bonchev–Trinajstić information content (AvgIpc) is 3.47. The number of hydrogen-bond acceptors (Lipinski definition) is 6. The number of carbonyl (C=O) groups is 1. The first kappa shape index (κ1) is 22.5. The maximum Gasteiger partial charge on any atom is 0.231 e. The molecule has 5 aromatic rings. The average molecular weight is 503 g/mol. The minimum Gasteiger partial charge on any atom is -0.454 e. The summed E-state index contributed by atoms with van der Waals surface area (Å²) in [6.45, 7) is 0.803. The van der Waals surface area contributed by atoms with E-state index in [1.54, 1.807) is 0 Å². The number of nitrogens with one attached hydrogen (secondary N) is 1. The number of hydrogen-bond donors (Lipinski definition) is 1. The third kappa shape index (κ3) is 4.36. The standard InChI is InChI=1S/C31H26N4O3/c36-27(14-20-6-7-20)24-11-9-23(10-12-24)26-17-33-31-30(32-16-21-8-13-28-29(15-21)38-19-37-28)34-25(18-35(26)31)22-4-2-1-3-5-22/h1-5,8-13,15,17-18,20H,6-7,14,16,19H2,(H,32,34). The van der Waals surface area contributed by atoms with Crippen LogP contribution in [0.1, 0.15) is 35.2 Å². The molecule has 3 aromatic carbocycles. The number of carbonyl (C=O) groups excluding carboxylic acids is 1. The number of nitrogens with zero attached hydrogens (tertiary/aromatic N) is 3. The topological polar surface area (TPSA) is 77.8 Å². The summed E-state index contributed by atoms with van der Waals surface area (Å²) in [5.41, 5.74) is 6.33. The highest BCUT2D eigenvalue weighted by molar-refractivity contribution is 5.96. The van der Waals surface area contributed by atoms with Gasteiger partial charge < -0.3 is 14.8 Å². The van der Waals surface area contributed by atoms with Gasteiger partial charge in [0.1, 0.15) is 0 Å². The Morgan fingerprint density at radius 3 is 2.58 bits per heavy atom. The van der Waals surface area contributed by atoms with Crippen LogP contribution in [-0.4, -0.2) is 26.9 Å². The number of benzene rings is 3. The van der Waals surface area contributed by atoms with Gasteiger partial charge in [-0.05, 0) is 36.5 Å². The summed E-state index contributed by atoms with van der Waals surface area (Å²) < 4.78 is 13.0. The van der Waals surface area contributed by atoms with Crippen LogP contribution in [0.3, 0.4) is 0 Å². The molecule has 0 spiro atoms. The van der Waals surface area contributed by atoms with E-state index < -0.39 is 0 Å². The van der Waals surface area contributed by atoms with Crippen LogP contribution in [0, 0.1) is 5.92 Å². The Labute approximate surface area is 220 Å². The number of imidazole rings is 1. The predicted molar refractivity (Wildman–Crippen MR) is 145 cm³/mol. The van der Waals surface area contributed by atoms with E-state index >= 15 is 0 Å². The molecule has 2 aromatic heterocycles. The van der Waals surface area contributed by atoms with Crippen molar-refractivity contribution in [3.8, 4) is 34.0 Å². The van der Waals surface area contributed by atoms with E-state index in [1.165, 1.54) is 12.8 Å². The second-order valence-electron chi connectivity index (χ2n) is 9.87. The van der Waals surface area contributed by atoms with E-state index in [4.69, 9.17) is 19.4 Å². The fourth-order valence-corrected chi connectivity index (χ4v) is 4.83. The van der Waals surface area contributed by atoms with E-state index in [0.29, 0.717) is 24.7 Å². The van der Waals surface area contributed by atoms with Crippen LogP contribution in [0.2, 0.25) is 0 Å². The van der Waals surface area contributed by atoms with Crippen molar-refractivity contribution in [1.82, 2.24) is 14.4 Å². The Balaban J connectivity index is 1.24. The molecule has 188 valence electrons. The van der Waals surface area contributed by atoms with Gasteiger partial charge in [0.25, 0.3) is 0 Å². The van der Waals surface area contributed by atoms with Crippen LogP contribution in [0.25, 0.3) is 28.2 Å². The fraction of sp³-hybridized carbons (Fsp3) is 0.194. The van der Waals surface area contributed by atoms with Crippen molar-refractivity contribution in [2.45, 2.75) is 25.8 Å². The molecular formula is C31H26N4O3. The third-order valence-electron chi connectivity index (χ3n) is 7.13. The van der Waals surface area contributed by atoms with Gasteiger partial charge in [-0.15, -0.1) is 0 Å². The molecule has 1 fully saturated rings. The van der Waals surface area contributed by atoms with Gasteiger partial charge >= 0.3 is 0 Å². The molecule has 0 atom stereocenters. The first-order valence-electron chi connectivity index (χ1n) is 12.9. The second kappa shape index (κ2) is 9.34. The molecule has 0 saturated heterocycles. The number of anilines is 1. The summed E-state index contributed by atoms with van der Waals surface area (Å²) in [6, 6.07) is 23.9. The van der Waals surface area contributed by atoms with Crippen molar-refractivity contribution in [2.24, 2.45) is 5.92 Å². The molecule has 2 aliphatic rings. The molecule has 0 unspecified atom stereocenters. The van der Waals surface area contributed by atoms with Crippen LogP contribution in [0.15, 0.2) is 85.2 Å². The molecule has 0 radical (unpaired) electrons. The summed E-state index contributed by atoms with van der Waals surface area (Å²) in [4.78, 5) is 22.2. The van der Waals surface area contributed by atoms with E-state index in [9.17, 15) is 4.79 Å². The van der Waals surface area contributed by atoms with E-state index in [0.717, 1.165) is 50.8 Å². The lowest BCUT2D eigenvalue weighted by molar-refractivity contribution is 0.0976. The van der Waals surface area contributed by atoms with Crippen molar-refractivity contribution in [2.75, 3.05) is 12.1 Å². The predicted octanol–water partition coefficient (Wildman–Crippen LogP) is 6.39. The summed E-state index contributed by atoms with van der Waals surface area (Å²) >= 11 is 0. The van der Waals surface area contributed by atoms with Gasteiger partial charge in [0, 0.05) is 35.9 Å². The van der Waals surface area contributed by atoms with E-state index in [-0.39, 0.29) is 12.6 Å². The number of rotatable bonds is 8. The minimum absolute atomic E-state index is 0.225. The minimum atomic E-state index is 0.225. The zero-order valence-electron chi connectivity index (χ0n) is 20.8. The van der Waals surface area contributed by atoms with Crippen LogP contribution >= 0.6 is 0 Å². The summed E-state index contributed by atoms with van der Waals surface area (Å²) in [7, 11) is 0. The van der Waals surface area contributed by atoms with Crippen LogP contribution < -0.4 is 14.8 Å². The zero-order valence-corrected chi connectivity index (χ0v) is 20.8. The van der Waals surface area contributed by atoms with Crippen molar-refractivity contribution in [3.05, 3.63) is 96.3 Å². The van der Waals surface area contributed by atoms with E-state index in [1.807, 2.05) is 85.2 Å². The maximum absolute atomic E-state index is 12.6. The Morgan fingerprint density at radius 1 is 0.947 bits per heavy atom. The summed E-state index contributed by atoms with van der Waals surface area (Å²) in [5.74, 6) is 3.00. The molecule has 1 aliphatic heterocycles. The molecule has 0 bridgehead atoms. The molecule has 7 nitrogen and oxygen atoms in total. The Kier molecular flexibility index (Phi) is 5.54. The van der Waals surface area contributed by atoms with Crippen molar-refractivity contribution < 1.29 is 14.3 Å². The van der Waals surface area contributed by atoms with Gasteiger partial charge in [-0.1, -0.05) is 60.7 Å². The third-order valence-corrected chi connectivity index (χ3v) is 7.13. The fourth-order valence-electron chi connectivity index (χ4n) is 4.83. The lowest BCUT2D eigenvalue weighted by Gasteiger charge is -2.12. The number of ether oxygens (including phenoxy) is 2. The van der Waals surface area contributed by atoms with Gasteiger partial charge in [-0.25, -0.2) is 9.97 Å². The van der Waals surface area contributed by atoms with Crippen LogP contribution in [0.4, 0.5) is 5.82 Å². The van der Waals surface area contributed by atoms with Gasteiger partial charge in [-0.2, -0.15) is 0 Å². The molecule has 3 heterocycles. The number of ketones is 1. The van der Waals surface area contributed by atoms with Gasteiger partial charge in [0.15, 0.2) is 28.7 Å². The smallest absolute Gasteiger partial charge is 0.231 e. The van der Waals surface area contributed by atoms with Crippen LogP contribution in [-0.2, 0) is 6.54 Å². The summed E-state index contributed by atoms with van der Waals surface area (Å²) in [6.07, 6.45) is 6.88. The number of aromatic nitrogens is 3. The largest absolute Gasteiger partial charge is 0.454 e. The van der Waals surface area contributed by atoms with Crippen molar-refractivity contribution in [3.63, 3.8) is 0 Å². The van der Waals surface area contributed by atoms with Crippen LogP contribution in [0.5, 0.6) is 11.5 Å². The lowest BCUT2D eigenvalue weighted by Crippen LogP contribution is -2.05. The monoisotopic (exact) mass is 502 g/mol. The first-order chi connectivity index (χ1) is 18.7. The molecule has 38 heavy (non-hydrogen) atoms. The summed E-state index contributed by atoms with van der Waals surface area (Å²) in [5, 5.41) is 3.48. The quantitative estimate of drug-likeness (QED) is 0.248. The van der Waals surface area contributed by atoms with Crippen molar-refractivity contribution >= 4 is 17.2 Å². The molecule has 7 heteroatoms. The highest BCUT2D eigenvalue weighted by atomic mass is 16.7. The molecule has 1 aliphatic carbocycles. The Hall–Kier alpha value is -4.65. The highest BCUT2D eigenvalue weighted by Gasteiger charge is 2.25. The maximum atomic E-state index is 12.6. The zero-order chi connectivity index (χ0) is 25.5. The number of Topliss-reactive ketones (excluding diaryl/α,β-unsaturated/α-hetero) is 1. The Bertz CT molecular complexity index is 1640. The Morgan fingerprint density at radius 2 is 1.76 bits per heavy atom. The number of fused-ring (bicyclic) bond motifs is 2. The lowest BCUT2D eigenvalue weighted by atomic mass is 10.0. The SMILES string of the molecule is O=C(CC1CC1)c1ccc(-c2cnc3c(NCc4ccc5c(c4)OCO5)nc(-c4ccccc4)cn23)cc1. The molecule has 1 saturated carbocycles. The van der Waals surface area contributed by atoms with Gasteiger partial charge in [0.05, 0.1) is 17.6 Å². The first-order valence-corrected chi connectivity index (χ1v) is 12.9. The van der Waals surface area contributed by atoms with Gasteiger partial charge in [-0.3, -0.25) is 9.20 Å². The second-order valence-corrected chi connectivity index (χ2v) is 9.87. The molecule has 0 amide bonds. The normalized spacial score (nSPS) is 14.1. The molecule has 1 N–H and O–H groups in total. The van der Waals surface area contributed by atoms with E-state index in [2.05, 4.69) is 9.72 Å². The van der Waals surface area contributed by atoms with Crippen molar-refractivity contribution in [1.29, 1.82) is 0 Å². The van der Waals surface area contributed by atoms with Gasteiger partial charge in [0.2, 0.25) is 6.79 Å². The molecule has 7 rings (SSSR count). The molecular weight excluding hydrogens is 476 g/mol.